The van der Waals surface area contributed by atoms with Crippen LogP contribution in [-0.4, -0.2) is 7.11 Å². The summed E-state index contributed by atoms with van der Waals surface area (Å²) in [6, 6.07) is 12.8. The first-order valence-corrected chi connectivity index (χ1v) is 7.13. The Morgan fingerprint density at radius 3 is 2.71 bits per heavy atom. The number of nitrogens with zero attached hydrogens (tertiary/aromatic N) is 1. The lowest BCUT2D eigenvalue weighted by molar-refractivity contribution is 0.282. The van der Waals surface area contributed by atoms with Crippen LogP contribution in [0.4, 0.5) is 0 Å². The van der Waals surface area contributed by atoms with Gasteiger partial charge in [0.1, 0.15) is 6.61 Å². The summed E-state index contributed by atoms with van der Waals surface area (Å²) in [6.45, 7) is 0.317. The molecule has 0 aromatic heterocycles. The van der Waals surface area contributed by atoms with Gasteiger partial charge in [-0.3, -0.25) is 0 Å². The first-order chi connectivity index (χ1) is 10.2. The second-order valence-corrected chi connectivity index (χ2v) is 5.03. The number of alkyl halides is 1. The SMILES string of the molecule is COc1cc(Cl)cc(CCl)c1OCc1cccc(C#N)c1. The van der Waals surface area contributed by atoms with Crippen molar-refractivity contribution in [2.24, 2.45) is 0 Å². The van der Waals surface area contributed by atoms with Crippen LogP contribution in [0.25, 0.3) is 0 Å². The summed E-state index contributed by atoms with van der Waals surface area (Å²) in [6.07, 6.45) is 0. The van der Waals surface area contributed by atoms with E-state index in [2.05, 4.69) is 6.07 Å². The van der Waals surface area contributed by atoms with Crippen LogP contribution in [0, 0.1) is 11.3 Å². The van der Waals surface area contributed by atoms with Crippen molar-refractivity contribution >= 4 is 23.2 Å². The largest absolute Gasteiger partial charge is 0.493 e. The zero-order valence-corrected chi connectivity index (χ0v) is 12.9. The van der Waals surface area contributed by atoms with E-state index in [1.807, 2.05) is 12.1 Å². The molecule has 2 rings (SSSR count). The van der Waals surface area contributed by atoms with E-state index >= 15 is 0 Å². The van der Waals surface area contributed by atoms with Gasteiger partial charge in [-0.1, -0.05) is 23.7 Å². The highest BCUT2D eigenvalue weighted by Gasteiger charge is 2.12. The summed E-state index contributed by atoms with van der Waals surface area (Å²) < 4.78 is 11.1. The minimum Gasteiger partial charge on any atom is -0.493 e. The van der Waals surface area contributed by atoms with Gasteiger partial charge in [0, 0.05) is 16.7 Å². The molecule has 3 nitrogen and oxygen atoms in total. The lowest BCUT2D eigenvalue weighted by Gasteiger charge is -2.14. The maximum atomic E-state index is 8.90. The Labute approximate surface area is 133 Å². The number of halogens is 2. The number of methoxy groups -OCH3 is 1. The summed E-state index contributed by atoms with van der Waals surface area (Å²) in [7, 11) is 1.55. The molecular weight excluding hydrogens is 309 g/mol. The minimum atomic E-state index is 0.268. The lowest BCUT2D eigenvalue weighted by atomic mass is 10.1. The van der Waals surface area contributed by atoms with Crippen LogP contribution in [0.15, 0.2) is 36.4 Å². The Bertz CT molecular complexity index is 655. The predicted molar refractivity (Wildman–Crippen MR) is 83.1 cm³/mol. The third kappa shape index (κ3) is 3.81. The van der Waals surface area contributed by atoms with E-state index in [0.29, 0.717) is 28.7 Å². The Morgan fingerprint density at radius 1 is 1.24 bits per heavy atom. The third-order valence-electron chi connectivity index (χ3n) is 2.90. The van der Waals surface area contributed by atoms with Gasteiger partial charge in [-0.05, 0) is 23.8 Å². The van der Waals surface area contributed by atoms with Gasteiger partial charge >= 0.3 is 0 Å². The van der Waals surface area contributed by atoms with Crippen LogP contribution in [0.2, 0.25) is 5.02 Å². The smallest absolute Gasteiger partial charge is 0.166 e. The summed E-state index contributed by atoms with van der Waals surface area (Å²) in [4.78, 5) is 0. The lowest BCUT2D eigenvalue weighted by Crippen LogP contribution is -2.01. The van der Waals surface area contributed by atoms with Crippen molar-refractivity contribution in [2.75, 3.05) is 7.11 Å². The van der Waals surface area contributed by atoms with Crippen molar-refractivity contribution in [3.8, 4) is 17.6 Å². The Balaban J connectivity index is 2.25. The van der Waals surface area contributed by atoms with Gasteiger partial charge in [-0.2, -0.15) is 5.26 Å². The van der Waals surface area contributed by atoms with Crippen molar-refractivity contribution in [2.45, 2.75) is 12.5 Å². The summed E-state index contributed by atoms with van der Waals surface area (Å²) >= 11 is 11.9. The monoisotopic (exact) mass is 321 g/mol. The maximum absolute atomic E-state index is 8.90. The van der Waals surface area contributed by atoms with E-state index in [1.165, 1.54) is 0 Å². The summed E-state index contributed by atoms with van der Waals surface area (Å²) in [5, 5.41) is 9.44. The molecule has 0 heterocycles. The van der Waals surface area contributed by atoms with Crippen LogP contribution in [0.1, 0.15) is 16.7 Å². The minimum absolute atomic E-state index is 0.268. The summed E-state index contributed by atoms with van der Waals surface area (Å²) in [5.41, 5.74) is 2.25. The molecule has 0 aliphatic heterocycles. The fourth-order valence-corrected chi connectivity index (χ4v) is 2.35. The van der Waals surface area contributed by atoms with Crippen LogP contribution in [-0.2, 0) is 12.5 Å². The highest BCUT2D eigenvalue weighted by Crippen LogP contribution is 2.36. The maximum Gasteiger partial charge on any atom is 0.166 e. The topological polar surface area (TPSA) is 42.2 Å². The Hall–Kier alpha value is -1.89. The van der Waals surface area contributed by atoms with Crippen LogP contribution in [0.3, 0.4) is 0 Å². The molecule has 5 heteroatoms. The summed E-state index contributed by atoms with van der Waals surface area (Å²) in [5.74, 6) is 1.37. The van der Waals surface area contributed by atoms with Gasteiger partial charge in [-0.15, -0.1) is 11.6 Å². The van der Waals surface area contributed by atoms with Crippen LogP contribution < -0.4 is 9.47 Å². The number of hydrogen-bond acceptors (Lipinski definition) is 3. The second-order valence-electron chi connectivity index (χ2n) is 4.33. The molecule has 2 aromatic rings. The molecule has 0 amide bonds. The van der Waals surface area contributed by atoms with Crippen molar-refractivity contribution in [3.63, 3.8) is 0 Å². The van der Waals surface area contributed by atoms with E-state index in [4.69, 9.17) is 37.9 Å². The van der Waals surface area contributed by atoms with E-state index in [1.54, 1.807) is 31.4 Å². The molecule has 0 N–H and O–H groups in total. The molecule has 0 radical (unpaired) electrons. The molecule has 2 aromatic carbocycles. The van der Waals surface area contributed by atoms with Crippen LogP contribution in [0.5, 0.6) is 11.5 Å². The zero-order chi connectivity index (χ0) is 15.2. The molecule has 0 spiro atoms. The number of rotatable bonds is 5. The Kier molecular flexibility index (Phi) is 5.32. The van der Waals surface area contributed by atoms with Gasteiger partial charge in [0.15, 0.2) is 11.5 Å². The molecule has 0 aliphatic carbocycles. The first kappa shape index (κ1) is 15.5. The quantitative estimate of drug-likeness (QED) is 0.759. The molecule has 0 aliphatic rings. The average molecular weight is 322 g/mol. The van der Waals surface area contributed by atoms with Crippen molar-refractivity contribution in [1.29, 1.82) is 5.26 Å². The highest BCUT2D eigenvalue weighted by atomic mass is 35.5. The molecule has 0 fully saturated rings. The Morgan fingerprint density at radius 2 is 2.05 bits per heavy atom. The number of ether oxygens (including phenoxy) is 2. The van der Waals surface area contributed by atoms with Gasteiger partial charge in [0.25, 0.3) is 0 Å². The zero-order valence-electron chi connectivity index (χ0n) is 11.4. The fraction of sp³-hybridized carbons (Fsp3) is 0.188. The molecule has 0 bridgehead atoms. The van der Waals surface area contributed by atoms with Crippen molar-refractivity contribution in [1.82, 2.24) is 0 Å². The average Bonchev–Trinajstić information content (AvgIpc) is 2.52. The molecule has 0 atom stereocenters. The van der Waals surface area contributed by atoms with E-state index < -0.39 is 0 Å². The first-order valence-electron chi connectivity index (χ1n) is 6.22. The van der Waals surface area contributed by atoms with E-state index in [-0.39, 0.29) is 5.88 Å². The third-order valence-corrected chi connectivity index (χ3v) is 3.41. The number of benzene rings is 2. The van der Waals surface area contributed by atoms with E-state index in [0.717, 1.165) is 11.1 Å². The highest BCUT2D eigenvalue weighted by molar-refractivity contribution is 6.31. The van der Waals surface area contributed by atoms with E-state index in [9.17, 15) is 0 Å². The van der Waals surface area contributed by atoms with Gasteiger partial charge in [-0.25, -0.2) is 0 Å². The molecule has 0 unspecified atom stereocenters. The molecular formula is C16H13Cl2NO2. The predicted octanol–water partition coefficient (Wildman–Crippen LogP) is 4.54. The van der Waals surface area contributed by atoms with Gasteiger partial charge in [0.05, 0.1) is 24.6 Å². The van der Waals surface area contributed by atoms with Gasteiger partial charge in [0.2, 0.25) is 0 Å². The van der Waals surface area contributed by atoms with Crippen molar-refractivity contribution < 1.29 is 9.47 Å². The standard InChI is InChI=1S/C16H13Cl2NO2/c1-20-15-7-14(18)6-13(8-17)16(15)21-10-12-4-2-3-11(5-12)9-19/h2-7H,8,10H2,1H3. The van der Waals surface area contributed by atoms with Crippen LogP contribution >= 0.6 is 23.2 Å². The molecule has 0 saturated heterocycles. The number of hydrogen-bond donors (Lipinski definition) is 0. The molecule has 0 saturated carbocycles. The normalized spacial score (nSPS) is 10.0. The molecule has 108 valence electrons. The van der Waals surface area contributed by atoms with Crippen molar-refractivity contribution in [3.05, 3.63) is 58.1 Å². The van der Waals surface area contributed by atoms with Gasteiger partial charge < -0.3 is 9.47 Å². The molecule has 21 heavy (non-hydrogen) atoms. The number of nitriles is 1. The second kappa shape index (κ2) is 7.21. The fourth-order valence-electron chi connectivity index (χ4n) is 1.92.